The maximum Gasteiger partial charge on any atom is 0.219 e. The Bertz CT molecular complexity index is 332. The minimum absolute atomic E-state index is 0.583. The second kappa shape index (κ2) is 4.19. The highest BCUT2D eigenvalue weighted by molar-refractivity contribution is 5.32. The highest BCUT2D eigenvalue weighted by Gasteiger charge is 2.35. The summed E-state index contributed by atoms with van der Waals surface area (Å²) in [6.07, 6.45) is 5.50. The number of rotatable bonds is 3. The Kier molecular flexibility index (Phi) is 2.91. The Labute approximate surface area is 90.1 Å². The molecule has 1 heterocycles. The van der Waals surface area contributed by atoms with Gasteiger partial charge < -0.3 is 9.84 Å². The first-order valence-corrected chi connectivity index (χ1v) is 5.57. The number of nitrogens with zero attached hydrogens (tertiary/aromatic N) is 1. The fourth-order valence-electron chi connectivity index (χ4n) is 2.23. The van der Waals surface area contributed by atoms with Crippen LogP contribution < -0.4 is 4.74 Å². The van der Waals surface area contributed by atoms with Crippen LogP contribution in [0.3, 0.4) is 0 Å². The first kappa shape index (κ1) is 10.4. The number of pyridine rings is 1. The van der Waals surface area contributed by atoms with Crippen LogP contribution in [0.5, 0.6) is 5.88 Å². The van der Waals surface area contributed by atoms with E-state index in [1.54, 1.807) is 6.20 Å². The van der Waals surface area contributed by atoms with Crippen molar-refractivity contribution in [3.63, 3.8) is 0 Å². The second-order valence-electron chi connectivity index (χ2n) is 4.03. The molecule has 0 saturated heterocycles. The van der Waals surface area contributed by atoms with E-state index in [4.69, 9.17) is 4.74 Å². The maximum absolute atomic E-state index is 10.5. The van der Waals surface area contributed by atoms with Crippen LogP contribution >= 0.6 is 0 Å². The van der Waals surface area contributed by atoms with E-state index in [1.165, 1.54) is 0 Å². The van der Waals surface area contributed by atoms with E-state index in [9.17, 15) is 5.11 Å². The third kappa shape index (κ3) is 1.97. The van der Waals surface area contributed by atoms with Crippen molar-refractivity contribution in [2.75, 3.05) is 6.61 Å². The summed E-state index contributed by atoms with van der Waals surface area (Å²) in [5, 5.41) is 10.5. The monoisotopic (exact) mass is 207 g/mol. The van der Waals surface area contributed by atoms with Gasteiger partial charge in [-0.25, -0.2) is 4.98 Å². The lowest BCUT2D eigenvalue weighted by Crippen LogP contribution is -2.22. The summed E-state index contributed by atoms with van der Waals surface area (Å²) < 4.78 is 5.44. The number of aliphatic hydroxyl groups is 1. The molecular weight excluding hydrogens is 190 g/mol. The zero-order valence-electron chi connectivity index (χ0n) is 9.07. The van der Waals surface area contributed by atoms with Crippen LogP contribution in [0.25, 0.3) is 0 Å². The van der Waals surface area contributed by atoms with Gasteiger partial charge in [-0.2, -0.15) is 0 Å². The third-order valence-electron chi connectivity index (χ3n) is 2.98. The smallest absolute Gasteiger partial charge is 0.219 e. The van der Waals surface area contributed by atoms with E-state index in [1.807, 2.05) is 19.1 Å². The number of hydrogen-bond donors (Lipinski definition) is 1. The molecule has 0 aliphatic heterocycles. The molecule has 0 bridgehead atoms. The van der Waals surface area contributed by atoms with Crippen molar-refractivity contribution in [3.05, 3.63) is 23.9 Å². The minimum atomic E-state index is -0.710. The van der Waals surface area contributed by atoms with E-state index in [2.05, 4.69) is 4.98 Å². The third-order valence-corrected chi connectivity index (χ3v) is 2.98. The summed E-state index contributed by atoms with van der Waals surface area (Å²) in [6, 6.07) is 3.78. The summed E-state index contributed by atoms with van der Waals surface area (Å²) >= 11 is 0. The van der Waals surface area contributed by atoms with Crippen LogP contribution in [0.15, 0.2) is 18.3 Å². The molecule has 82 valence electrons. The molecule has 2 rings (SSSR count). The van der Waals surface area contributed by atoms with Crippen molar-refractivity contribution in [1.29, 1.82) is 0 Å². The second-order valence-corrected chi connectivity index (χ2v) is 4.03. The van der Waals surface area contributed by atoms with Crippen molar-refractivity contribution in [2.45, 2.75) is 38.2 Å². The van der Waals surface area contributed by atoms with E-state index in [0.29, 0.717) is 12.5 Å². The van der Waals surface area contributed by atoms with Gasteiger partial charge in [0.25, 0.3) is 0 Å². The highest BCUT2D eigenvalue weighted by atomic mass is 16.5. The first-order valence-electron chi connectivity index (χ1n) is 5.57. The van der Waals surface area contributed by atoms with Gasteiger partial charge in [-0.05, 0) is 31.9 Å². The van der Waals surface area contributed by atoms with Crippen LogP contribution in [0.1, 0.15) is 38.2 Å². The van der Waals surface area contributed by atoms with Crippen LogP contribution in [-0.4, -0.2) is 16.7 Å². The van der Waals surface area contributed by atoms with Crippen LogP contribution in [0.2, 0.25) is 0 Å². The van der Waals surface area contributed by atoms with Gasteiger partial charge in [0.05, 0.1) is 12.2 Å². The predicted octanol–water partition coefficient (Wildman–Crippen LogP) is 2.24. The van der Waals surface area contributed by atoms with E-state index >= 15 is 0 Å². The summed E-state index contributed by atoms with van der Waals surface area (Å²) in [5.41, 5.74) is 0.142. The molecule has 1 aromatic rings. The van der Waals surface area contributed by atoms with Gasteiger partial charge in [-0.15, -0.1) is 0 Å². The molecule has 1 saturated carbocycles. The topological polar surface area (TPSA) is 42.4 Å². The Morgan fingerprint density at radius 1 is 1.47 bits per heavy atom. The Balaban J connectivity index is 2.33. The van der Waals surface area contributed by atoms with Gasteiger partial charge in [0, 0.05) is 11.8 Å². The van der Waals surface area contributed by atoms with Crippen molar-refractivity contribution in [2.24, 2.45) is 0 Å². The van der Waals surface area contributed by atoms with E-state index in [0.717, 1.165) is 31.2 Å². The molecule has 0 spiro atoms. The molecule has 3 heteroatoms. The molecule has 3 nitrogen and oxygen atoms in total. The summed E-state index contributed by atoms with van der Waals surface area (Å²) in [5.74, 6) is 0.587. The fourth-order valence-corrected chi connectivity index (χ4v) is 2.23. The summed E-state index contributed by atoms with van der Waals surface area (Å²) in [4.78, 5) is 4.18. The van der Waals surface area contributed by atoms with Crippen molar-refractivity contribution < 1.29 is 9.84 Å². The SMILES string of the molecule is CCOc1ncccc1C1(O)CCCC1. The van der Waals surface area contributed by atoms with Crippen LogP contribution in [-0.2, 0) is 5.60 Å². The molecule has 1 aliphatic carbocycles. The lowest BCUT2D eigenvalue weighted by molar-refractivity contribution is 0.0407. The number of aromatic nitrogens is 1. The van der Waals surface area contributed by atoms with E-state index < -0.39 is 5.60 Å². The molecule has 0 radical (unpaired) electrons. The van der Waals surface area contributed by atoms with Crippen molar-refractivity contribution in [1.82, 2.24) is 4.98 Å². The molecule has 1 N–H and O–H groups in total. The molecule has 15 heavy (non-hydrogen) atoms. The molecule has 1 aliphatic rings. The number of hydrogen-bond acceptors (Lipinski definition) is 3. The molecule has 0 atom stereocenters. The Morgan fingerprint density at radius 3 is 2.87 bits per heavy atom. The van der Waals surface area contributed by atoms with Crippen LogP contribution in [0, 0.1) is 0 Å². The lowest BCUT2D eigenvalue weighted by Gasteiger charge is -2.24. The largest absolute Gasteiger partial charge is 0.478 e. The zero-order valence-corrected chi connectivity index (χ0v) is 9.07. The number of ether oxygens (including phenoxy) is 1. The fraction of sp³-hybridized carbons (Fsp3) is 0.583. The highest BCUT2D eigenvalue weighted by Crippen LogP contribution is 2.41. The lowest BCUT2D eigenvalue weighted by atomic mass is 9.93. The van der Waals surface area contributed by atoms with Crippen LogP contribution in [0.4, 0.5) is 0 Å². The molecule has 0 aromatic carbocycles. The van der Waals surface area contributed by atoms with Gasteiger partial charge in [0.15, 0.2) is 0 Å². The van der Waals surface area contributed by atoms with Gasteiger partial charge in [0.1, 0.15) is 0 Å². The Morgan fingerprint density at radius 2 is 2.20 bits per heavy atom. The van der Waals surface area contributed by atoms with E-state index in [-0.39, 0.29) is 0 Å². The van der Waals surface area contributed by atoms with Crippen molar-refractivity contribution >= 4 is 0 Å². The maximum atomic E-state index is 10.5. The molecule has 1 aromatic heterocycles. The average molecular weight is 207 g/mol. The van der Waals surface area contributed by atoms with Gasteiger partial charge in [0.2, 0.25) is 5.88 Å². The molecule has 0 unspecified atom stereocenters. The quantitative estimate of drug-likeness (QED) is 0.826. The molecular formula is C12H17NO2. The Hall–Kier alpha value is -1.09. The normalized spacial score (nSPS) is 19.1. The molecule has 1 fully saturated rings. The van der Waals surface area contributed by atoms with Gasteiger partial charge in [-0.1, -0.05) is 12.8 Å². The van der Waals surface area contributed by atoms with Gasteiger partial charge in [-0.3, -0.25) is 0 Å². The standard InChI is InChI=1S/C12H17NO2/c1-2-15-11-10(6-5-9-13-11)12(14)7-3-4-8-12/h5-6,9,14H,2-4,7-8H2,1H3. The summed E-state index contributed by atoms with van der Waals surface area (Å²) in [7, 11) is 0. The van der Waals surface area contributed by atoms with Gasteiger partial charge >= 0.3 is 0 Å². The summed E-state index contributed by atoms with van der Waals surface area (Å²) in [6.45, 7) is 2.51. The average Bonchev–Trinajstić information content (AvgIpc) is 2.68. The van der Waals surface area contributed by atoms with Crippen molar-refractivity contribution in [3.8, 4) is 5.88 Å². The predicted molar refractivity (Wildman–Crippen MR) is 57.8 cm³/mol. The molecule has 0 amide bonds. The minimum Gasteiger partial charge on any atom is -0.478 e. The zero-order chi connectivity index (χ0) is 10.7. The first-order chi connectivity index (χ1) is 7.26.